The third-order valence-corrected chi connectivity index (χ3v) is 5.55. The Kier molecular flexibility index (Phi) is 4.47. The van der Waals surface area contributed by atoms with Crippen LogP contribution in [-0.2, 0) is 24.3 Å². The summed E-state index contributed by atoms with van der Waals surface area (Å²) in [5, 5.41) is 0.479. The minimum absolute atomic E-state index is 0.0834. The normalized spacial score (nSPS) is 13.0. The Bertz CT molecular complexity index is 1460. The van der Waals surface area contributed by atoms with Crippen LogP contribution < -0.4 is 11.1 Å². The maximum Gasteiger partial charge on any atom is 0.338 e. The van der Waals surface area contributed by atoms with Crippen LogP contribution in [0.2, 0.25) is 0 Å². The van der Waals surface area contributed by atoms with Gasteiger partial charge in [-0.1, -0.05) is 0 Å². The van der Waals surface area contributed by atoms with Crippen molar-refractivity contribution in [2.75, 3.05) is 0 Å². The molecule has 0 saturated carbocycles. The van der Waals surface area contributed by atoms with Crippen LogP contribution in [0.25, 0.3) is 16.6 Å². The van der Waals surface area contributed by atoms with E-state index in [0.717, 1.165) is 23.1 Å². The smallest absolute Gasteiger partial charge is 0.338 e. The summed E-state index contributed by atoms with van der Waals surface area (Å²) >= 11 is 3.32. The van der Waals surface area contributed by atoms with Gasteiger partial charge in [0.25, 0.3) is 11.1 Å². The van der Waals surface area contributed by atoms with Crippen LogP contribution >= 0.6 is 15.9 Å². The van der Waals surface area contributed by atoms with Crippen molar-refractivity contribution in [1.82, 2.24) is 18.9 Å². The fourth-order valence-corrected chi connectivity index (χ4v) is 3.97. The maximum atomic E-state index is 12.5. The first-order chi connectivity index (χ1) is 14.5. The number of carbonyl (C=O) groups excluding carboxylic acids is 1. The highest BCUT2D eigenvalue weighted by molar-refractivity contribution is 9.10. The van der Waals surface area contributed by atoms with Gasteiger partial charge < -0.3 is 4.74 Å². The van der Waals surface area contributed by atoms with Crippen molar-refractivity contribution in [2.45, 2.75) is 26.0 Å². The molecule has 0 bridgehead atoms. The molecule has 0 atom stereocenters. The SMILES string of the molecule is O=C(OCc1cc(=O)n2cc(Br)ccc2n1)c1ccc2c(=O)n3c(nc2c1)CCC3. The monoisotopic (exact) mass is 466 g/mol. The number of hydrogen-bond donors (Lipinski definition) is 0. The third kappa shape index (κ3) is 3.21. The van der Waals surface area contributed by atoms with E-state index < -0.39 is 5.97 Å². The molecule has 0 fully saturated rings. The Morgan fingerprint density at radius 3 is 2.87 bits per heavy atom. The lowest BCUT2D eigenvalue weighted by Crippen LogP contribution is -2.21. The topological polar surface area (TPSA) is 95.6 Å². The van der Waals surface area contributed by atoms with E-state index in [1.54, 1.807) is 41.1 Å². The fourth-order valence-electron chi connectivity index (χ4n) is 3.63. The third-order valence-electron chi connectivity index (χ3n) is 5.08. The second-order valence-electron chi connectivity index (χ2n) is 7.06. The zero-order chi connectivity index (χ0) is 20.8. The van der Waals surface area contributed by atoms with Gasteiger partial charge in [0.2, 0.25) is 0 Å². The lowest BCUT2D eigenvalue weighted by Gasteiger charge is -2.08. The molecular weight excluding hydrogens is 452 g/mol. The van der Waals surface area contributed by atoms with Crippen molar-refractivity contribution >= 4 is 38.4 Å². The molecule has 0 spiro atoms. The van der Waals surface area contributed by atoms with Gasteiger partial charge in [0.05, 0.1) is 22.2 Å². The average Bonchev–Trinajstić information content (AvgIpc) is 3.21. The van der Waals surface area contributed by atoms with Crippen LogP contribution in [0, 0.1) is 0 Å². The minimum Gasteiger partial charge on any atom is -0.456 e. The number of halogens is 1. The molecule has 0 N–H and O–H groups in total. The summed E-state index contributed by atoms with van der Waals surface area (Å²) in [6.07, 6.45) is 3.27. The highest BCUT2D eigenvalue weighted by atomic mass is 79.9. The summed E-state index contributed by atoms with van der Waals surface area (Å²) in [5.41, 5.74) is 1.23. The molecule has 150 valence electrons. The molecule has 0 unspecified atom stereocenters. The molecule has 4 aromatic rings. The first-order valence-corrected chi connectivity index (χ1v) is 10.2. The van der Waals surface area contributed by atoms with E-state index in [1.807, 2.05) is 0 Å². The Morgan fingerprint density at radius 2 is 2.00 bits per heavy atom. The van der Waals surface area contributed by atoms with E-state index in [1.165, 1.54) is 10.5 Å². The van der Waals surface area contributed by atoms with Crippen LogP contribution in [0.1, 0.15) is 28.3 Å². The molecule has 1 aromatic carbocycles. The van der Waals surface area contributed by atoms with Gasteiger partial charge in [-0.2, -0.15) is 0 Å². The van der Waals surface area contributed by atoms with Crippen molar-refractivity contribution in [3.8, 4) is 0 Å². The largest absolute Gasteiger partial charge is 0.456 e. The van der Waals surface area contributed by atoms with Crippen LogP contribution in [0.15, 0.2) is 56.7 Å². The number of ether oxygens (including phenoxy) is 1. The first-order valence-electron chi connectivity index (χ1n) is 9.38. The average molecular weight is 467 g/mol. The lowest BCUT2D eigenvalue weighted by atomic mass is 10.1. The molecule has 0 radical (unpaired) electrons. The number of hydrogen-bond acceptors (Lipinski definition) is 6. The Balaban J connectivity index is 1.40. The predicted molar refractivity (Wildman–Crippen MR) is 113 cm³/mol. The molecule has 4 heterocycles. The van der Waals surface area contributed by atoms with E-state index >= 15 is 0 Å². The van der Waals surface area contributed by atoms with E-state index in [0.29, 0.717) is 34.4 Å². The van der Waals surface area contributed by atoms with Crippen molar-refractivity contribution in [1.29, 1.82) is 0 Å². The highest BCUT2D eigenvalue weighted by Crippen LogP contribution is 2.17. The van der Waals surface area contributed by atoms with Crippen molar-refractivity contribution in [3.05, 3.63) is 84.9 Å². The number of aryl methyl sites for hydroxylation is 1. The number of fused-ring (bicyclic) bond motifs is 3. The zero-order valence-electron chi connectivity index (χ0n) is 15.7. The first kappa shape index (κ1) is 18.7. The summed E-state index contributed by atoms with van der Waals surface area (Å²) in [4.78, 5) is 46.2. The summed E-state index contributed by atoms with van der Waals surface area (Å²) in [7, 11) is 0. The molecule has 1 aliphatic heterocycles. The van der Waals surface area contributed by atoms with Crippen LogP contribution in [-0.4, -0.2) is 24.9 Å². The van der Waals surface area contributed by atoms with Gasteiger partial charge >= 0.3 is 5.97 Å². The van der Waals surface area contributed by atoms with E-state index in [2.05, 4.69) is 25.9 Å². The van der Waals surface area contributed by atoms with Gasteiger partial charge in [-0.25, -0.2) is 14.8 Å². The number of pyridine rings is 1. The van der Waals surface area contributed by atoms with Crippen molar-refractivity contribution in [2.24, 2.45) is 0 Å². The molecule has 8 nitrogen and oxygen atoms in total. The number of benzene rings is 1. The highest BCUT2D eigenvalue weighted by Gasteiger charge is 2.17. The number of rotatable bonds is 3. The number of esters is 1. The fraction of sp³-hybridized carbons (Fsp3) is 0.190. The maximum absolute atomic E-state index is 12.5. The predicted octanol–water partition coefficient (Wildman–Crippen LogP) is 2.47. The van der Waals surface area contributed by atoms with Crippen LogP contribution in [0.4, 0.5) is 0 Å². The summed E-state index contributed by atoms with van der Waals surface area (Å²) in [5.74, 6) is 0.169. The zero-order valence-corrected chi connectivity index (χ0v) is 17.3. The standard InChI is InChI=1S/C21H15BrN4O4/c22-13-4-6-18-23-14(9-19(27)26(18)10-13)11-30-21(29)12-3-5-15-16(8-12)24-17-2-1-7-25(17)20(15)28/h3-6,8-10H,1-2,7,11H2. The molecule has 30 heavy (non-hydrogen) atoms. The molecule has 3 aromatic heterocycles. The Morgan fingerprint density at radius 1 is 1.13 bits per heavy atom. The molecular formula is C21H15BrN4O4. The summed E-state index contributed by atoms with van der Waals surface area (Å²) in [6.45, 7) is 0.537. The number of carbonyl (C=O) groups is 1. The van der Waals surface area contributed by atoms with Crippen LogP contribution in [0.5, 0.6) is 0 Å². The Labute approximate surface area is 177 Å². The molecule has 0 saturated heterocycles. The minimum atomic E-state index is -0.572. The van der Waals surface area contributed by atoms with Crippen molar-refractivity contribution in [3.63, 3.8) is 0 Å². The Hall–Kier alpha value is -3.33. The molecule has 0 amide bonds. The lowest BCUT2D eigenvalue weighted by molar-refractivity contribution is 0.0468. The van der Waals surface area contributed by atoms with Crippen molar-refractivity contribution < 1.29 is 9.53 Å². The quantitative estimate of drug-likeness (QED) is 0.430. The second-order valence-corrected chi connectivity index (χ2v) is 7.97. The molecule has 5 rings (SSSR count). The molecule has 9 heteroatoms. The van der Waals surface area contributed by atoms with Gasteiger partial charge in [0.15, 0.2) is 0 Å². The number of nitrogens with zero attached hydrogens (tertiary/aromatic N) is 4. The van der Waals surface area contributed by atoms with Gasteiger partial charge in [-0.15, -0.1) is 0 Å². The van der Waals surface area contributed by atoms with E-state index in [-0.39, 0.29) is 17.7 Å². The molecule has 0 aliphatic carbocycles. The van der Waals surface area contributed by atoms with E-state index in [9.17, 15) is 14.4 Å². The van der Waals surface area contributed by atoms with Gasteiger partial charge in [0.1, 0.15) is 18.1 Å². The summed E-state index contributed by atoms with van der Waals surface area (Å²) in [6, 6.07) is 9.53. The molecule has 1 aliphatic rings. The second kappa shape index (κ2) is 7.17. The van der Waals surface area contributed by atoms with Gasteiger partial charge in [-0.3, -0.25) is 18.6 Å². The van der Waals surface area contributed by atoms with Gasteiger partial charge in [-0.05, 0) is 52.7 Å². The summed E-state index contributed by atoms with van der Waals surface area (Å²) < 4.78 is 9.19. The van der Waals surface area contributed by atoms with E-state index in [4.69, 9.17) is 4.74 Å². The number of aromatic nitrogens is 4. The van der Waals surface area contributed by atoms with Gasteiger partial charge in [0, 0.05) is 29.7 Å². The van der Waals surface area contributed by atoms with Crippen LogP contribution in [0.3, 0.4) is 0 Å².